The molecule has 0 amide bonds. The maximum Gasteiger partial charge on any atom is 0.328 e. The van der Waals surface area contributed by atoms with Gasteiger partial charge >= 0.3 is 5.69 Å². The van der Waals surface area contributed by atoms with Crippen LogP contribution in [0, 0.1) is 0 Å². The van der Waals surface area contributed by atoms with Crippen molar-refractivity contribution in [2.45, 2.75) is 32.2 Å². The first-order valence-corrected chi connectivity index (χ1v) is 7.04. The second-order valence-corrected chi connectivity index (χ2v) is 5.00. The Hall–Kier alpha value is -1.55. The van der Waals surface area contributed by atoms with Gasteiger partial charge in [-0.1, -0.05) is 25.0 Å². The van der Waals surface area contributed by atoms with Gasteiger partial charge in [0.1, 0.15) is 0 Å². The predicted octanol–water partition coefficient (Wildman–Crippen LogP) is 2.12. The predicted molar refractivity (Wildman–Crippen MR) is 79.6 cm³/mol. The summed E-state index contributed by atoms with van der Waals surface area (Å²) < 4.78 is 3.63. The molecule has 1 heterocycles. The minimum Gasteiger partial charge on any atom is -0.320 e. The van der Waals surface area contributed by atoms with Crippen LogP contribution < -0.4 is 11.0 Å². The van der Waals surface area contributed by atoms with Crippen molar-refractivity contribution in [3.05, 3.63) is 34.7 Å². The topological polar surface area (TPSA) is 39.0 Å². The lowest BCUT2D eigenvalue weighted by Crippen LogP contribution is -2.22. The molecule has 0 saturated carbocycles. The first kappa shape index (κ1) is 13.9. The molecule has 0 spiro atoms. The fraction of sp³-hybridized carbons (Fsp3) is 0.533. The molecule has 0 bridgehead atoms. The third kappa shape index (κ3) is 3.07. The molecule has 1 aromatic heterocycles. The van der Waals surface area contributed by atoms with Crippen LogP contribution in [0.15, 0.2) is 29.1 Å². The maximum absolute atomic E-state index is 12.2. The molecule has 0 unspecified atom stereocenters. The Morgan fingerprint density at radius 2 is 1.74 bits per heavy atom. The first-order chi connectivity index (χ1) is 9.25. The number of nitrogens with zero attached hydrogens (tertiary/aromatic N) is 2. The summed E-state index contributed by atoms with van der Waals surface area (Å²) in [5.41, 5.74) is 2.16. The third-order valence-corrected chi connectivity index (χ3v) is 3.61. The van der Waals surface area contributed by atoms with E-state index in [0.29, 0.717) is 0 Å². The van der Waals surface area contributed by atoms with E-state index in [1.54, 1.807) is 4.57 Å². The fourth-order valence-corrected chi connectivity index (χ4v) is 2.50. The highest BCUT2D eigenvalue weighted by atomic mass is 16.1. The Morgan fingerprint density at radius 3 is 2.47 bits per heavy atom. The number of unbranched alkanes of at least 4 members (excludes halogenated alkanes) is 3. The van der Waals surface area contributed by atoms with E-state index in [1.807, 2.05) is 42.9 Å². The van der Waals surface area contributed by atoms with Crippen LogP contribution in [0.4, 0.5) is 0 Å². The smallest absolute Gasteiger partial charge is 0.320 e. The van der Waals surface area contributed by atoms with Crippen LogP contribution in [0.25, 0.3) is 11.0 Å². The van der Waals surface area contributed by atoms with Crippen molar-refractivity contribution in [1.82, 2.24) is 14.5 Å². The molecular formula is C15H23N3O. The Labute approximate surface area is 114 Å². The van der Waals surface area contributed by atoms with Crippen LogP contribution >= 0.6 is 0 Å². The van der Waals surface area contributed by atoms with Gasteiger partial charge in [-0.2, -0.15) is 0 Å². The van der Waals surface area contributed by atoms with Crippen LogP contribution in [0.3, 0.4) is 0 Å². The zero-order valence-electron chi connectivity index (χ0n) is 11.9. The summed E-state index contributed by atoms with van der Waals surface area (Å²) in [6.45, 7) is 1.90. The first-order valence-electron chi connectivity index (χ1n) is 7.04. The normalized spacial score (nSPS) is 11.3. The average Bonchev–Trinajstić information content (AvgIpc) is 2.68. The van der Waals surface area contributed by atoms with Crippen molar-refractivity contribution in [3.8, 4) is 0 Å². The zero-order chi connectivity index (χ0) is 13.7. The highest BCUT2D eigenvalue weighted by Crippen LogP contribution is 2.12. The lowest BCUT2D eigenvalue weighted by molar-refractivity contribution is 0.557. The Morgan fingerprint density at radius 1 is 1.05 bits per heavy atom. The maximum atomic E-state index is 12.2. The molecule has 1 aromatic carbocycles. The number of hydrogen-bond donors (Lipinski definition) is 1. The molecule has 4 nitrogen and oxygen atoms in total. The molecule has 0 aliphatic heterocycles. The van der Waals surface area contributed by atoms with E-state index in [1.165, 1.54) is 19.3 Å². The van der Waals surface area contributed by atoms with Gasteiger partial charge in [-0.15, -0.1) is 0 Å². The van der Waals surface area contributed by atoms with Crippen molar-refractivity contribution in [2.75, 3.05) is 13.6 Å². The lowest BCUT2D eigenvalue weighted by atomic mass is 10.2. The summed E-state index contributed by atoms with van der Waals surface area (Å²) in [6, 6.07) is 7.99. The molecule has 2 rings (SSSR count). The van der Waals surface area contributed by atoms with Crippen LogP contribution in [-0.4, -0.2) is 22.7 Å². The van der Waals surface area contributed by atoms with Crippen LogP contribution in [0.2, 0.25) is 0 Å². The number of rotatable bonds is 7. The highest BCUT2D eigenvalue weighted by molar-refractivity contribution is 5.75. The van der Waals surface area contributed by atoms with Gasteiger partial charge in [0.2, 0.25) is 0 Å². The van der Waals surface area contributed by atoms with Gasteiger partial charge in [0.25, 0.3) is 0 Å². The molecule has 0 fully saturated rings. The minimum absolute atomic E-state index is 0.0939. The molecule has 4 heteroatoms. The molecule has 0 aliphatic rings. The molecule has 19 heavy (non-hydrogen) atoms. The van der Waals surface area contributed by atoms with Crippen LogP contribution in [-0.2, 0) is 13.6 Å². The van der Waals surface area contributed by atoms with Gasteiger partial charge in [-0.25, -0.2) is 4.79 Å². The summed E-state index contributed by atoms with van der Waals surface area (Å²) in [5, 5.41) is 3.15. The molecule has 2 aromatic rings. The molecule has 0 saturated heterocycles. The van der Waals surface area contributed by atoms with Crippen molar-refractivity contribution in [2.24, 2.45) is 7.05 Å². The average molecular weight is 261 g/mol. The molecule has 104 valence electrons. The minimum atomic E-state index is 0.0939. The van der Waals surface area contributed by atoms with Gasteiger partial charge in [0.15, 0.2) is 0 Å². The van der Waals surface area contributed by atoms with Gasteiger partial charge in [-0.05, 0) is 38.6 Å². The van der Waals surface area contributed by atoms with E-state index >= 15 is 0 Å². The highest BCUT2D eigenvalue weighted by Gasteiger charge is 2.08. The largest absolute Gasteiger partial charge is 0.328 e. The van der Waals surface area contributed by atoms with E-state index in [0.717, 1.165) is 30.5 Å². The molecule has 0 radical (unpaired) electrons. The Kier molecular flexibility index (Phi) is 4.80. The molecular weight excluding hydrogens is 238 g/mol. The van der Waals surface area contributed by atoms with Crippen molar-refractivity contribution < 1.29 is 0 Å². The summed E-state index contributed by atoms with van der Waals surface area (Å²) in [6.07, 6.45) is 4.68. The van der Waals surface area contributed by atoms with E-state index in [2.05, 4.69) is 5.32 Å². The van der Waals surface area contributed by atoms with Crippen molar-refractivity contribution in [3.63, 3.8) is 0 Å². The van der Waals surface area contributed by atoms with Crippen LogP contribution in [0.5, 0.6) is 0 Å². The second kappa shape index (κ2) is 6.57. The molecule has 1 N–H and O–H groups in total. The van der Waals surface area contributed by atoms with Gasteiger partial charge in [-0.3, -0.25) is 9.13 Å². The lowest BCUT2D eigenvalue weighted by Gasteiger charge is -2.03. The number of aromatic nitrogens is 2. The quantitative estimate of drug-likeness (QED) is 0.775. The number of aryl methyl sites for hydroxylation is 2. The number of benzene rings is 1. The monoisotopic (exact) mass is 261 g/mol. The summed E-state index contributed by atoms with van der Waals surface area (Å²) in [5.74, 6) is 0. The molecule has 0 atom stereocenters. The standard InChI is InChI=1S/C15H23N3O/c1-16-11-7-3-4-8-12-18-14-10-6-5-9-13(14)17(2)15(18)19/h5-6,9-10,16H,3-4,7-8,11-12H2,1-2H3. The van der Waals surface area contributed by atoms with Gasteiger partial charge in [0, 0.05) is 13.6 Å². The van der Waals surface area contributed by atoms with E-state index < -0.39 is 0 Å². The second-order valence-electron chi connectivity index (χ2n) is 5.00. The fourth-order valence-electron chi connectivity index (χ4n) is 2.50. The summed E-state index contributed by atoms with van der Waals surface area (Å²) in [4.78, 5) is 12.2. The number of fused-ring (bicyclic) bond motifs is 1. The van der Waals surface area contributed by atoms with E-state index in [4.69, 9.17) is 0 Å². The summed E-state index contributed by atoms with van der Waals surface area (Å²) >= 11 is 0. The number of hydrogen-bond acceptors (Lipinski definition) is 2. The Bertz CT molecular complexity index is 583. The Balaban J connectivity index is 2.01. The SMILES string of the molecule is CNCCCCCCn1c(=O)n(C)c2ccccc21. The number of nitrogens with one attached hydrogen (secondary N) is 1. The van der Waals surface area contributed by atoms with Crippen LogP contribution in [0.1, 0.15) is 25.7 Å². The molecule has 0 aliphatic carbocycles. The number of imidazole rings is 1. The van der Waals surface area contributed by atoms with Crippen molar-refractivity contribution >= 4 is 11.0 Å². The van der Waals surface area contributed by atoms with Gasteiger partial charge in [0.05, 0.1) is 11.0 Å². The van der Waals surface area contributed by atoms with Crippen molar-refractivity contribution in [1.29, 1.82) is 0 Å². The van der Waals surface area contributed by atoms with E-state index in [-0.39, 0.29) is 5.69 Å². The third-order valence-electron chi connectivity index (χ3n) is 3.61. The number of para-hydroxylation sites is 2. The summed E-state index contributed by atoms with van der Waals surface area (Å²) in [7, 11) is 3.82. The van der Waals surface area contributed by atoms with E-state index in [9.17, 15) is 4.79 Å². The van der Waals surface area contributed by atoms with Gasteiger partial charge < -0.3 is 5.32 Å². The zero-order valence-corrected chi connectivity index (χ0v) is 11.9.